The van der Waals surface area contributed by atoms with Crippen LogP contribution in [0, 0.1) is 0 Å². The summed E-state index contributed by atoms with van der Waals surface area (Å²) in [4.78, 5) is 0. The molecule has 0 radical (unpaired) electrons. The van der Waals surface area contributed by atoms with E-state index in [-0.39, 0.29) is 12.7 Å². The molecule has 0 aromatic rings. The molecule has 1 aliphatic rings. The highest BCUT2D eigenvalue weighted by atomic mass is 16.7. The van der Waals surface area contributed by atoms with Gasteiger partial charge in [-0.3, -0.25) is 0 Å². The molecule has 1 heterocycles. The first-order valence-electron chi connectivity index (χ1n) is 16.6. The Hall–Kier alpha value is -0.320. The third-order valence-electron chi connectivity index (χ3n) is 8.24. The van der Waals surface area contributed by atoms with Crippen molar-refractivity contribution in [3.05, 3.63) is 0 Å². The smallest absolute Gasteiger partial charge is 0.186 e. The second-order valence-corrected chi connectivity index (χ2v) is 12.2. The number of unbranched alkanes of at least 4 members (excludes halogenated alkanes) is 18. The molecule has 0 bridgehead atoms. The summed E-state index contributed by atoms with van der Waals surface area (Å²) in [6.07, 6.45) is 19.8. The maximum absolute atomic E-state index is 10.2. The monoisotopic (exact) mass is 576 g/mol. The molecule has 6 N–H and O–H groups in total. The van der Waals surface area contributed by atoms with Crippen LogP contribution in [0.3, 0.4) is 0 Å². The Bertz CT molecular complexity index is 547. The number of aliphatic hydroxyl groups is 6. The molecule has 7 atom stereocenters. The highest BCUT2D eigenvalue weighted by Gasteiger charge is 2.43. The van der Waals surface area contributed by atoms with E-state index in [1.54, 1.807) is 0 Å². The predicted octanol–water partition coefficient (Wildman–Crippen LogP) is 5.13. The summed E-state index contributed by atoms with van der Waals surface area (Å²) >= 11 is 0. The summed E-state index contributed by atoms with van der Waals surface area (Å²) in [5, 5.41) is 58.2. The van der Waals surface area contributed by atoms with Crippen LogP contribution in [0.25, 0.3) is 0 Å². The van der Waals surface area contributed by atoms with Gasteiger partial charge in [0.05, 0.1) is 25.4 Å². The molecule has 0 aliphatic carbocycles. The summed E-state index contributed by atoms with van der Waals surface area (Å²) in [6, 6.07) is 0. The maximum atomic E-state index is 10.2. The van der Waals surface area contributed by atoms with Crippen molar-refractivity contribution in [2.24, 2.45) is 0 Å². The number of ether oxygens (including phenoxy) is 2. The first-order chi connectivity index (χ1) is 19.4. The van der Waals surface area contributed by atoms with Crippen molar-refractivity contribution in [2.75, 3.05) is 13.2 Å². The van der Waals surface area contributed by atoms with E-state index in [2.05, 4.69) is 0 Å². The molecule has 0 amide bonds. The number of aliphatic hydroxyl groups excluding tert-OH is 6. The Labute approximate surface area is 244 Å². The Kier molecular flexibility index (Phi) is 23.8. The molecule has 8 nitrogen and oxygen atoms in total. The lowest BCUT2D eigenvalue weighted by Crippen LogP contribution is -2.59. The lowest BCUT2D eigenvalue weighted by Gasteiger charge is -2.39. The summed E-state index contributed by atoms with van der Waals surface area (Å²) in [5.41, 5.74) is 0. The van der Waals surface area contributed by atoms with Crippen LogP contribution in [-0.2, 0) is 9.47 Å². The molecule has 1 fully saturated rings. The van der Waals surface area contributed by atoms with Gasteiger partial charge in [0.1, 0.15) is 24.4 Å². The average molecular weight is 577 g/mol. The van der Waals surface area contributed by atoms with Gasteiger partial charge in [0.2, 0.25) is 0 Å². The van der Waals surface area contributed by atoms with Crippen molar-refractivity contribution in [3.8, 4) is 0 Å². The van der Waals surface area contributed by atoms with E-state index in [1.165, 1.54) is 109 Å². The van der Waals surface area contributed by atoms with Crippen LogP contribution in [0.15, 0.2) is 0 Å². The Morgan fingerprint density at radius 2 is 0.950 bits per heavy atom. The summed E-state index contributed by atoms with van der Waals surface area (Å²) in [7, 11) is 0. The maximum Gasteiger partial charge on any atom is 0.186 e. The van der Waals surface area contributed by atoms with Crippen molar-refractivity contribution in [3.63, 3.8) is 0 Å². The molecule has 0 spiro atoms. The third kappa shape index (κ3) is 19.0. The van der Waals surface area contributed by atoms with Gasteiger partial charge in [-0.2, -0.15) is 0 Å². The Morgan fingerprint density at radius 3 is 1.35 bits per heavy atom. The normalized spacial score (nSPS) is 24.8. The number of hydrogen-bond donors (Lipinski definition) is 6. The van der Waals surface area contributed by atoms with Crippen molar-refractivity contribution in [1.29, 1.82) is 0 Å². The minimum Gasteiger partial charge on any atom is -0.394 e. The lowest BCUT2D eigenvalue weighted by atomic mass is 9.99. The van der Waals surface area contributed by atoms with Crippen LogP contribution in [0.5, 0.6) is 0 Å². The molecule has 0 aromatic heterocycles. The van der Waals surface area contributed by atoms with E-state index >= 15 is 0 Å². The van der Waals surface area contributed by atoms with Crippen LogP contribution in [0.4, 0.5) is 0 Å². The average Bonchev–Trinajstić information content (AvgIpc) is 2.93. The van der Waals surface area contributed by atoms with Gasteiger partial charge in [0.25, 0.3) is 0 Å². The Morgan fingerprint density at radius 1 is 0.550 bits per heavy atom. The van der Waals surface area contributed by atoms with Gasteiger partial charge < -0.3 is 40.1 Å². The Balaban J connectivity index is 1.80. The SMILES string of the molecule is C[C@@H](O)CCCCCCCCCCCCCCCCCCCCC[C@@H](O)CCO[C@H]1O[C@H](CO)[C@@H](O)[C@H](O)[C@H]1O. The molecule has 0 aromatic carbocycles. The van der Waals surface area contributed by atoms with Crippen LogP contribution in [0.1, 0.15) is 148 Å². The van der Waals surface area contributed by atoms with Gasteiger partial charge in [0.15, 0.2) is 6.29 Å². The first-order valence-corrected chi connectivity index (χ1v) is 16.6. The topological polar surface area (TPSA) is 140 Å². The van der Waals surface area contributed by atoms with Crippen molar-refractivity contribution in [2.45, 2.75) is 191 Å². The highest BCUT2D eigenvalue weighted by Crippen LogP contribution is 2.22. The van der Waals surface area contributed by atoms with Gasteiger partial charge >= 0.3 is 0 Å². The fourth-order valence-corrected chi connectivity index (χ4v) is 5.49. The zero-order valence-corrected chi connectivity index (χ0v) is 25.5. The molecule has 1 saturated heterocycles. The van der Waals surface area contributed by atoms with Crippen LogP contribution in [-0.4, -0.2) is 86.8 Å². The van der Waals surface area contributed by atoms with Crippen molar-refractivity contribution >= 4 is 0 Å². The predicted molar refractivity (Wildman–Crippen MR) is 159 cm³/mol. The number of hydrogen-bond acceptors (Lipinski definition) is 8. The van der Waals surface area contributed by atoms with Gasteiger partial charge in [-0.15, -0.1) is 0 Å². The standard InChI is InChI=1S/C32H64O8/c1-26(34)21-19-17-15-13-11-9-7-5-3-2-4-6-8-10-12-14-16-18-20-22-27(35)23-24-39-32-31(38)30(37)29(36)28(25-33)40-32/h26-38H,2-25H2,1H3/t26-,27-,28-,29-,30+,31-,32+/m1/s1. The van der Waals surface area contributed by atoms with Crippen LogP contribution < -0.4 is 0 Å². The molecule has 0 unspecified atom stereocenters. The zero-order chi connectivity index (χ0) is 29.4. The molecule has 0 saturated carbocycles. The molecular weight excluding hydrogens is 512 g/mol. The number of rotatable bonds is 27. The van der Waals surface area contributed by atoms with Gasteiger partial charge in [-0.25, -0.2) is 0 Å². The molecule has 1 aliphatic heterocycles. The lowest BCUT2D eigenvalue weighted by molar-refractivity contribution is -0.301. The fourth-order valence-electron chi connectivity index (χ4n) is 5.49. The fraction of sp³-hybridized carbons (Fsp3) is 1.00. The minimum absolute atomic E-state index is 0.135. The van der Waals surface area contributed by atoms with Gasteiger partial charge in [-0.05, 0) is 26.2 Å². The van der Waals surface area contributed by atoms with E-state index in [9.17, 15) is 30.6 Å². The quantitative estimate of drug-likeness (QED) is 0.0740. The molecule has 1 rings (SSSR count). The summed E-state index contributed by atoms with van der Waals surface area (Å²) in [5.74, 6) is 0. The minimum atomic E-state index is -1.44. The molecular formula is C32H64O8. The second-order valence-electron chi connectivity index (χ2n) is 12.2. The zero-order valence-electron chi connectivity index (χ0n) is 25.5. The van der Waals surface area contributed by atoms with Crippen molar-refractivity contribution in [1.82, 2.24) is 0 Å². The highest BCUT2D eigenvalue weighted by molar-refractivity contribution is 4.88. The van der Waals surface area contributed by atoms with Crippen LogP contribution in [0.2, 0.25) is 0 Å². The van der Waals surface area contributed by atoms with E-state index in [4.69, 9.17) is 9.47 Å². The molecule has 240 valence electrons. The molecule has 40 heavy (non-hydrogen) atoms. The van der Waals surface area contributed by atoms with Gasteiger partial charge in [-0.1, -0.05) is 122 Å². The largest absolute Gasteiger partial charge is 0.394 e. The van der Waals surface area contributed by atoms with E-state index < -0.39 is 43.4 Å². The summed E-state index contributed by atoms with van der Waals surface area (Å²) < 4.78 is 10.8. The van der Waals surface area contributed by atoms with Crippen molar-refractivity contribution < 1.29 is 40.1 Å². The first kappa shape index (κ1) is 37.7. The van der Waals surface area contributed by atoms with E-state index in [0.717, 1.165) is 19.3 Å². The van der Waals surface area contributed by atoms with E-state index in [0.29, 0.717) is 12.8 Å². The van der Waals surface area contributed by atoms with E-state index in [1.807, 2.05) is 6.92 Å². The third-order valence-corrected chi connectivity index (χ3v) is 8.24. The van der Waals surface area contributed by atoms with Gasteiger partial charge in [0, 0.05) is 0 Å². The van der Waals surface area contributed by atoms with Crippen LogP contribution >= 0.6 is 0 Å². The second kappa shape index (κ2) is 25.2. The summed E-state index contributed by atoms with van der Waals surface area (Å²) in [6.45, 7) is 1.56. The molecule has 8 heteroatoms.